The summed E-state index contributed by atoms with van der Waals surface area (Å²) in [6.45, 7) is 0.628. The molecule has 0 aliphatic carbocycles. The number of fused-ring (bicyclic) bond motifs is 1. The van der Waals surface area contributed by atoms with E-state index in [0.29, 0.717) is 12.2 Å². The van der Waals surface area contributed by atoms with Gasteiger partial charge >= 0.3 is 5.97 Å². The van der Waals surface area contributed by atoms with Crippen LogP contribution in [-0.2, 0) is 13.5 Å². The number of aromatic carboxylic acids is 1. The van der Waals surface area contributed by atoms with Crippen LogP contribution in [0.5, 0.6) is 0 Å². The predicted octanol–water partition coefficient (Wildman–Crippen LogP) is 1.71. The average molecular weight is 285 g/mol. The van der Waals surface area contributed by atoms with E-state index >= 15 is 0 Å². The number of hydrogen-bond donors (Lipinski definition) is 1. The van der Waals surface area contributed by atoms with Crippen molar-refractivity contribution in [2.75, 3.05) is 11.4 Å². The van der Waals surface area contributed by atoms with Crippen LogP contribution in [0.4, 0.5) is 5.69 Å². The maximum Gasteiger partial charge on any atom is 0.335 e. The number of benzene rings is 1. The number of aromatic nitrogens is 2. The number of carboxylic acids is 1. The summed E-state index contributed by atoms with van der Waals surface area (Å²) in [5, 5.41) is 13.1. The molecule has 6 nitrogen and oxygen atoms in total. The van der Waals surface area contributed by atoms with Crippen molar-refractivity contribution in [3.8, 4) is 0 Å². The summed E-state index contributed by atoms with van der Waals surface area (Å²) in [6, 6.07) is 6.59. The van der Waals surface area contributed by atoms with E-state index in [4.69, 9.17) is 5.11 Å². The zero-order chi connectivity index (χ0) is 15.0. The van der Waals surface area contributed by atoms with E-state index in [1.165, 1.54) is 6.07 Å². The minimum atomic E-state index is -0.951. The summed E-state index contributed by atoms with van der Waals surface area (Å²) in [5.41, 5.74) is 2.46. The molecule has 0 unspecified atom stereocenters. The summed E-state index contributed by atoms with van der Waals surface area (Å²) in [6.07, 6.45) is 3.19. The Balaban J connectivity index is 1.99. The maximum absolute atomic E-state index is 12.6. The molecule has 0 saturated carbocycles. The number of carbonyl (C=O) groups excluding carboxylic acids is 1. The monoisotopic (exact) mass is 285 g/mol. The fourth-order valence-electron chi connectivity index (χ4n) is 2.66. The van der Waals surface area contributed by atoms with Crippen molar-refractivity contribution in [2.45, 2.75) is 12.8 Å². The molecule has 1 aliphatic heterocycles. The van der Waals surface area contributed by atoms with Crippen LogP contribution in [0.15, 0.2) is 30.5 Å². The van der Waals surface area contributed by atoms with Gasteiger partial charge in [0.15, 0.2) is 0 Å². The molecule has 0 spiro atoms. The molecule has 2 heterocycles. The average Bonchev–Trinajstić information content (AvgIpc) is 2.91. The van der Waals surface area contributed by atoms with Crippen LogP contribution in [0.2, 0.25) is 0 Å². The highest BCUT2D eigenvalue weighted by Crippen LogP contribution is 2.29. The van der Waals surface area contributed by atoms with Crippen molar-refractivity contribution in [2.24, 2.45) is 7.05 Å². The Morgan fingerprint density at radius 1 is 1.29 bits per heavy atom. The highest BCUT2D eigenvalue weighted by atomic mass is 16.4. The molecule has 21 heavy (non-hydrogen) atoms. The van der Waals surface area contributed by atoms with Crippen molar-refractivity contribution in [1.29, 1.82) is 0 Å². The van der Waals surface area contributed by atoms with Crippen LogP contribution in [-0.4, -0.2) is 33.3 Å². The van der Waals surface area contributed by atoms with Crippen LogP contribution < -0.4 is 4.90 Å². The molecule has 0 fully saturated rings. The van der Waals surface area contributed by atoms with Gasteiger partial charge in [-0.1, -0.05) is 0 Å². The molecule has 3 rings (SSSR count). The Morgan fingerprint density at radius 2 is 2.10 bits per heavy atom. The zero-order valence-corrected chi connectivity index (χ0v) is 11.6. The fraction of sp³-hybridized carbons (Fsp3) is 0.267. The van der Waals surface area contributed by atoms with E-state index in [0.717, 1.165) is 24.1 Å². The number of nitrogens with zero attached hydrogens (tertiary/aromatic N) is 3. The number of aryl methyl sites for hydroxylation is 2. The molecular weight excluding hydrogens is 270 g/mol. The summed E-state index contributed by atoms with van der Waals surface area (Å²) >= 11 is 0. The van der Waals surface area contributed by atoms with E-state index in [9.17, 15) is 9.59 Å². The number of carboxylic acid groups (broad SMARTS) is 1. The number of rotatable bonds is 2. The van der Waals surface area contributed by atoms with Crippen LogP contribution in [0, 0.1) is 0 Å². The van der Waals surface area contributed by atoms with Gasteiger partial charge in [0.25, 0.3) is 5.91 Å². The number of hydrogen-bond acceptors (Lipinski definition) is 3. The van der Waals surface area contributed by atoms with Gasteiger partial charge in [-0.05, 0) is 42.7 Å². The van der Waals surface area contributed by atoms with E-state index in [1.807, 2.05) is 0 Å². The smallest absolute Gasteiger partial charge is 0.335 e. The Kier molecular flexibility index (Phi) is 3.21. The molecule has 1 amide bonds. The summed E-state index contributed by atoms with van der Waals surface area (Å²) in [5.74, 6) is -1.06. The van der Waals surface area contributed by atoms with Gasteiger partial charge in [-0.25, -0.2) is 4.79 Å². The van der Waals surface area contributed by atoms with Gasteiger partial charge in [0.05, 0.1) is 5.56 Å². The molecule has 0 radical (unpaired) electrons. The molecule has 2 aromatic rings. The van der Waals surface area contributed by atoms with Crippen LogP contribution in [0.25, 0.3) is 0 Å². The second kappa shape index (κ2) is 5.05. The van der Waals surface area contributed by atoms with Crippen molar-refractivity contribution in [3.63, 3.8) is 0 Å². The first-order valence-corrected chi connectivity index (χ1v) is 6.74. The second-order valence-corrected chi connectivity index (χ2v) is 5.05. The van der Waals surface area contributed by atoms with Gasteiger partial charge in [-0.15, -0.1) is 0 Å². The Morgan fingerprint density at radius 3 is 2.76 bits per heavy atom. The third kappa shape index (κ3) is 2.29. The molecule has 1 N–H and O–H groups in total. The van der Waals surface area contributed by atoms with Gasteiger partial charge in [-0.3, -0.25) is 9.48 Å². The molecule has 6 heteroatoms. The van der Waals surface area contributed by atoms with Crippen molar-refractivity contribution >= 4 is 17.6 Å². The molecule has 1 aliphatic rings. The van der Waals surface area contributed by atoms with Gasteiger partial charge in [0, 0.05) is 25.5 Å². The molecule has 1 aromatic carbocycles. The number of amides is 1. The largest absolute Gasteiger partial charge is 0.478 e. The van der Waals surface area contributed by atoms with Crippen molar-refractivity contribution in [3.05, 3.63) is 47.3 Å². The van der Waals surface area contributed by atoms with Gasteiger partial charge in [0.1, 0.15) is 5.69 Å². The van der Waals surface area contributed by atoms with Crippen molar-refractivity contribution < 1.29 is 14.7 Å². The Hall–Kier alpha value is -2.63. The fourth-order valence-corrected chi connectivity index (χ4v) is 2.66. The minimum absolute atomic E-state index is 0.112. The molecule has 0 saturated heterocycles. The topological polar surface area (TPSA) is 75.4 Å². The lowest BCUT2D eigenvalue weighted by Crippen LogP contribution is -2.36. The molecule has 1 aromatic heterocycles. The number of anilines is 1. The molecule has 0 atom stereocenters. The SMILES string of the molecule is Cn1nccc1C(=O)N1CCCc2cc(C(=O)O)ccc21. The van der Waals surface area contributed by atoms with Gasteiger partial charge in [0.2, 0.25) is 0 Å². The molecule has 0 bridgehead atoms. The Bertz CT molecular complexity index is 721. The van der Waals surface area contributed by atoms with E-state index in [2.05, 4.69) is 5.10 Å². The first-order chi connectivity index (χ1) is 10.1. The van der Waals surface area contributed by atoms with E-state index in [-0.39, 0.29) is 11.5 Å². The molecule has 108 valence electrons. The maximum atomic E-state index is 12.6. The van der Waals surface area contributed by atoms with Crippen LogP contribution in [0.3, 0.4) is 0 Å². The summed E-state index contributed by atoms with van der Waals surface area (Å²) in [4.78, 5) is 25.3. The predicted molar refractivity (Wildman–Crippen MR) is 76.6 cm³/mol. The van der Waals surface area contributed by atoms with Crippen LogP contribution in [0.1, 0.15) is 32.8 Å². The lowest BCUT2D eigenvalue weighted by Gasteiger charge is -2.29. The molecular formula is C15H15N3O3. The van der Waals surface area contributed by atoms with Crippen LogP contribution >= 0.6 is 0 Å². The summed E-state index contributed by atoms with van der Waals surface area (Å²) in [7, 11) is 1.73. The zero-order valence-electron chi connectivity index (χ0n) is 11.6. The van der Waals surface area contributed by atoms with E-state index in [1.54, 1.807) is 41.0 Å². The Labute approximate surface area is 121 Å². The standard InChI is InChI=1S/C15H15N3O3/c1-17-13(6-7-16-17)14(19)18-8-2-3-10-9-11(15(20)21)4-5-12(10)18/h4-7,9H,2-3,8H2,1H3,(H,20,21). The third-order valence-electron chi connectivity index (χ3n) is 3.73. The lowest BCUT2D eigenvalue weighted by atomic mass is 9.99. The van der Waals surface area contributed by atoms with Gasteiger partial charge < -0.3 is 10.0 Å². The van der Waals surface area contributed by atoms with E-state index < -0.39 is 5.97 Å². The normalized spacial score (nSPS) is 13.9. The van der Waals surface area contributed by atoms with Crippen molar-refractivity contribution in [1.82, 2.24) is 9.78 Å². The first kappa shape index (κ1) is 13.4. The van der Waals surface area contributed by atoms with Gasteiger partial charge in [-0.2, -0.15) is 5.10 Å². The summed E-state index contributed by atoms with van der Waals surface area (Å²) < 4.78 is 1.54. The quantitative estimate of drug-likeness (QED) is 0.911. The first-order valence-electron chi connectivity index (χ1n) is 6.74. The number of carbonyl (C=O) groups is 2. The highest BCUT2D eigenvalue weighted by Gasteiger charge is 2.25. The third-order valence-corrected chi connectivity index (χ3v) is 3.73. The highest BCUT2D eigenvalue weighted by molar-refractivity contribution is 6.06. The minimum Gasteiger partial charge on any atom is -0.478 e. The lowest BCUT2D eigenvalue weighted by molar-refractivity contribution is 0.0696. The second-order valence-electron chi connectivity index (χ2n) is 5.05.